The van der Waals surface area contributed by atoms with Crippen molar-refractivity contribution in [2.75, 3.05) is 45.6 Å². The van der Waals surface area contributed by atoms with Crippen molar-refractivity contribution in [2.45, 2.75) is 146 Å². The smallest absolute Gasteiger partial charge is 0.409 e. The van der Waals surface area contributed by atoms with E-state index in [4.69, 9.17) is 40.0 Å². The molecule has 64 heavy (non-hydrogen) atoms. The van der Waals surface area contributed by atoms with Crippen molar-refractivity contribution in [3.8, 4) is 5.75 Å². The van der Waals surface area contributed by atoms with Gasteiger partial charge in [-0.2, -0.15) is 0 Å². The fourth-order valence-electron chi connectivity index (χ4n) is 7.60. The van der Waals surface area contributed by atoms with E-state index < -0.39 is 73.7 Å². The normalized spacial score (nSPS) is 28.6. The van der Waals surface area contributed by atoms with Crippen LogP contribution in [-0.4, -0.2) is 136 Å². The Hall–Kier alpha value is -3.26. The first-order valence-corrected chi connectivity index (χ1v) is 28.2. The first kappa shape index (κ1) is 53.4. The fourth-order valence-corrected chi connectivity index (χ4v) is 11.0. The number of rotatable bonds is 16. The Bertz CT molecular complexity index is 1920. The quantitative estimate of drug-likeness (QED) is 0.0419. The Balaban J connectivity index is 1.51. The summed E-state index contributed by atoms with van der Waals surface area (Å²) in [6.45, 7) is 16.2. The van der Waals surface area contributed by atoms with Crippen molar-refractivity contribution in [3.05, 3.63) is 46.5 Å². The van der Waals surface area contributed by atoms with Crippen LogP contribution in [0.4, 0.5) is 10.5 Å². The van der Waals surface area contributed by atoms with E-state index >= 15 is 0 Å². The van der Waals surface area contributed by atoms with Crippen LogP contribution in [0, 0.1) is 5.92 Å². The SMILES string of the molecule is COc1cc2cc(c1Cl)N(C)C(=O)CC(OC(=O)C(C)N(C)C(=O)CCSSC(C)CCC(=O)OCC[Si](C)(C)C)C1(C)OC1C(C)C1CC(O)(NC(=O)O1)C(OC)/C=C/C=C(\C)C2. The van der Waals surface area contributed by atoms with E-state index in [1.54, 1.807) is 62.9 Å². The zero-order valence-corrected chi connectivity index (χ0v) is 42.7. The van der Waals surface area contributed by atoms with E-state index in [1.807, 2.05) is 19.9 Å². The average molecular weight is 971 g/mol. The summed E-state index contributed by atoms with van der Waals surface area (Å²) in [6.07, 6.45) is 1.94. The average Bonchev–Trinajstić information content (AvgIpc) is 3.92. The Morgan fingerprint density at radius 3 is 2.52 bits per heavy atom. The minimum atomic E-state index is -1.84. The highest BCUT2D eigenvalue weighted by Crippen LogP contribution is 2.49. The van der Waals surface area contributed by atoms with Crippen LogP contribution in [0.15, 0.2) is 35.9 Å². The van der Waals surface area contributed by atoms with Gasteiger partial charge >= 0.3 is 18.0 Å². The van der Waals surface area contributed by atoms with Gasteiger partial charge in [0.15, 0.2) is 5.72 Å². The molecular formula is C45H68ClN3O12S2Si. The van der Waals surface area contributed by atoms with Gasteiger partial charge in [0.05, 0.1) is 31.9 Å². The molecule has 0 spiro atoms. The number of hydrogen-bond acceptors (Lipinski definition) is 14. The number of nitrogens with zero attached hydrogens (tertiary/aromatic N) is 2. The number of ether oxygens (including phenoxy) is 6. The summed E-state index contributed by atoms with van der Waals surface area (Å²) in [5, 5.41) is 14.7. The lowest BCUT2D eigenvalue weighted by molar-refractivity contribution is -0.162. The molecule has 1 aromatic carbocycles. The molecule has 2 N–H and O–H groups in total. The molecule has 4 bridgehead atoms. The zero-order chi connectivity index (χ0) is 47.7. The van der Waals surface area contributed by atoms with E-state index in [1.165, 1.54) is 41.9 Å². The van der Waals surface area contributed by atoms with Gasteiger partial charge in [0.2, 0.25) is 11.8 Å². The molecule has 9 unspecified atom stereocenters. The zero-order valence-electron chi connectivity index (χ0n) is 39.3. The molecule has 0 aliphatic carbocycles. The number of benzene rings is 1. The van der Waals surface area contributed by atoms with E-state index in [0.29, 0.717) is 43.1 Å². The first-order chi connectivity index (χ1) is 29.9. The summed E-state index contributed by atoms with van der Waals surface area (Å²) < 4.78 is 34.8. The number of anilines is 1. The van der Waals surface area contributed by atoms with Gasteiger partial charge in [0, 0.05) is 65.5 Å². The number of epoxide rings is 1. The molecule has 0 aromatic heterocycles. The standard InChI is InChI=1S/C45H68ClN3O12S2Si/c1-27-14-13-15-35(57-9)45(55)26-34(59-43(54)47-45)29(3)41-44(5,61-41)36(25-38(51)49(7)32-23-31(22-27)24-33(56-8)40(32)46)60-42(53)30(4)48(6)37(50)18-20-62-63-28(2)16-17-39(52)58-19-21-64(10,11)12/h13-15,23-24,28-30,34-36,41,55H,16-22,25-26H2,1-12H3,(H,47,54)/b15-13+,27-14+. The number of carbonyl (C=O) groups is 5. The number of nitrogens with one attached hydrogen (secondary N) is 1. The van der Waals surface area contributed by atoms with Gasteiger partial charge in [-0.05, 0) is 57.4 Å². The molecule has 2 saturated heterocycles. The van der Waals surface area contributed by atoms with Gasteiger partial charge < -0.3 is 43.3 Å². The van der Waals surface area contributed by atoms with Crippen molar-refractivity contribution in [3.63, 3.8) is 0 Å². The number of alkyl carbamates (subject to hydrolysis) is 1. The summed E-state index contributed by atoms with van der Waals surface area (Å²) in [7, 11) is 7.86. The molecule has 1 aromatic rings. The van der Waals surface area contributed by atoms with Crippen LogP contribution in [-0.2, 0) is 49.3 Å². The number of esters is 2. The summed E-state index contributed by atoms with van der Waals surface area (Å²) in [5.74, 6) is -1.36. The number of fused-ring (bicyclic) bond motifs is 5. The second-order valence-corrected chi connectivity index (χ2v) is 27.4. The number of carbonyl (C=O) groups excluding carboxylic acids is 5. The largest absolute Gasteiger partial charge is 0.495 e. The Kier molecular flexibility index (Phi) is 19.1. The van der Waals surface area contributed by atoms with Crippen molar-refractivity contribution in [2.24, 2.45) is 5.92 Å². The molecule has 0 saturated carbocycles. The van der Waals surface area contributed by atoms with Gasteiger partial charge in [-0.25, -0.2) is 9.59 Å². The molecule has 3 aliphatic heterocycles. The van der Waals surface area contributed by atoms with Crippen LogP contribution in [0.1, 0.15) is 72.3 Å². The second-order valence-electron chi connectivity index (χ2n) is 18.5. The van der Waals surface area contributed by atoms with Crippen LogP contribution in [0.5, 0.6) is 5.75 Å². The van der Waals surface area contributed by atoms with E-state index in [2.05, 4.69) is 25.0 Å². The third-order valence-electron chi connectivity index (χ3n) is 12.0. The molecule has 2 fully saturated rings. The lowest BCUT2D eigenvalue weighted by atomic mass is 9.83. The van der Waals surface area contributed by atoms with Gasteiger partial charge in [0.25, 0.3) is 0 Å². The molecule has 15 nitrogen and oxygen atoms in total. The lowest BCUT2D eigenvalue weighted by Gasteiger charge is -2.42. The van der Waals surface area contributed by atoms with Gasteiger partial charge in [-0.3, -0.25) is 19.7 Å². The predicted molar refractivity (Wildman–Crippen MR) is 253 cm³/mol. The van der Waals surface area contributed by atoms with Gasteiger partial charge in [0.1, 0.15) is 40.7 Å². The topological polar surface area (TPSA) is 183 Å². The molecule has 3 amide bonds. The maximum Gasteiger partial charge on any atom is 0.409 e. The number of likely N-dealkylation sites (N-methyl/N-ethyl adjacent to an activating group) is 1. The van der Waals surface area contributed by atoms with Crippen LogP contribution in [0.25, 0.3) is 0 Å². The van der Waals surface area contributed by atoms with Crippen molar-refractivity contribution in [1.29, 1.82) is 0 Å². The van der Waals surface area contributed by atoms with Gasteiger partial charge in [-0.15, -0.1) is 0 Å². The molecule has 9 atom stereocenters. The highest BCUT2D eigenvalue weighted by Gasteiger charge is 2.64. The van der Waals surface area contributed by atoms with Gasteiger partial charge in [-0.1, -0.05) is 90.5 Å². The number of allylic oxidation sites excluding steroid dienone is 3. The van der Waals surface area contributed by atoms with Crippen molar-refractivity contribution >= 4 is 76.8 Å². The van der Waals surface area contributed by atoms with E-state index in [0.717, 1.165) is 17.2 Å². The number of halogens is 1. The van der Waals surface area contributed by atoms with E-state index in [9.17, 15) is 29.1 Å². The Morgan fingerprint density at radius 2 is 1.86 bits per heavy atom. The second kappa shape index (κ2) is 23.0. The molecule has 0 radical (unpaired) electrons. The Labute approximate surface area is 392 Å². The third kappa shape index (κ3) is 14.4. The van der Waals surface area contributed by atoms with Crippen LogP contribution in [0.3, 0.4) is 0 Å². The molecule has 19 heteroatoms. The van der Waals surface area contributed by atoms with Crippen LogP contribution >= 0.6 is 33.2 Å². The minimum absolute atomic E-state index is 0.0647. The third-order valence-corrected chi connectivity index (χ3v) is 17.1. The minimum Gasteiger partial charge on any atom is -0.495 e. The molecule has 3 aliphatic rings. The summed E-state index contributed by atoms with van der Waals surface area (Å²) in [6, 6.07) is 3.49. The number of aliphatic hydroxyl groups is 1. The molecular weight excluding hydrogens is 902 g/mol. The maximum atomic E-state index is 14.3. The summed E-state index contributed by atoms with van der Waals surface area (Å²) >= 11 is 6.80. The molecule has 4 rings (SSSR count). The fraction of sp³-hybridized carbons (Fsp3) is 0.667. The number of hydrogen-bond donors (Lipinski definition) is 2. The predicted octanol–water partition coefficient (Wildman–Crippen LogP) is 7.34. The van der Waals surface area contributed by atoms with Crippen molar-refractivity contribution < 1.29 is 57.5 Å². The first-order valence-electron chi connectivity index (χ1n) is 21.7. The highest BCUT2D eigenvalue weighted by atomic mass is 35.5. The summed E-state index contributed by atoms with van der Waals surface area (Å²) in [4.78, 5) is 69.5. The van der Waals surface area contributed by atoms with Crippen LogP contribution in [0.2, 0.25) is 30.7 Å². The Morgan fingerprint density at radius 1 is 1.16 bits per heavy atom. The highest BCUT2D eigenvalue weighted by molar-refractivity contribution is 8.76. The lowest BCUT2D eigenvalue weighted by Crippen LogP contribution is -2.63. The van der Waals surface area contributed by atoms with E-state index in [-0.39, 0.29) is 41.4 Å². The summed E-state index contributed by atoms with van der Waals surface area (Å²) in [5.41, 5.74) is -0.990. The van der Waals surface area contributed by atoms with Crippen molar-refractivity contribution in [1.82, 2.24) is 10.2 Å². The number of amides is 3. The molecule has 358 valence electrons. The molecule has 3 heterocycles. The number of methoxy groups -OCH3 is 2. The monoisotopic (exact) mass is 969 g/mol. The maximum absolute atomic E-state index is 14.3. The van der Waals surface area contributed by atoms with Crippen LogP contribution < -0.4 is 15.0 Å².